The lowest BCUT2D eigenvalue weighted by Crippen LogP contribution is -2.43. The van der Waals surface area contributed by atoms with Crippen molar-refractivity contribution in [1.82, 2.24) is 10.6 Å². The molecule has 0 bridgehead atoms. The standard InChI is InChI=1S/C21H24F4N4O.HI/c1-2-27-20(28-12-15-3-7-17(8-4-15)21(23,24)25)29-13-16(19(26)30)11-14-5-9-18(22)10-6-14;/h3-10,16H,2,11-13H2,1H3,(H2,26,30)(H2,27,28,29);1H. The number of amides is 1. The summed E-state index contributed by atoms with van der Waals surface area (Å²) >= 11 is 0. The average Bonchev–Trinajstić information content (AvgIpc) is 2.70. The van der Waals surface area contributed by atoms with Gasteiger partial charge >= 0.3 is 6.18 Å². The molecule has 1 amide bonds. The fourth-order valence-electron chi connectivity index (χ4n) is 2.71. The van der Waals surface area contributed by atoms with Crippen LogP contribution in [0.1, 0.15) is 23.6 Å². The molecule has 0 aliphatic rings. The third-order valence-electron chi connectivity index (χ3n) is 4.36. The molecule has 170 valence electrons. The maximum absolute atomic E-state index is 13.0. The largest absolute Gasteiger partial charge is 0.416 e. The van der Waals surface area contributed by atoms with E-state index in [9.17, 15) is 22.4 Å². The predicted octanol–water partition coefficient (Wildman–Crippen LogP) is 3.86. The molecular formula is C21H25F4IN4O. The lowest BCUT2D eigenvalue weighted by Gasteiger charge is -2.17. The molecule has 5 nitrogen and oxygen atoms in total. The molecule has 1 unspecified atom stereocenters. The summed E-state index contributed by atoms with van der Waals surface area (Å²) in [6, 6.07) is 10.6. The first kappa shape index (κ1) is 26.7. The van der Waals surface area contributed by atoms with Crippen LogP contribution in [0.2, 0.25) is 0 Å². The summed E-state index contributed by atoms with van der Waals surface area (Å²) < 4.78 is 51.0. The highest BCUT2D eigenvalue weighted by Gasteiger charge is 2.29. The van der Waals surface area contributed by atoms with Gasteiger partial charge in [-0.05, 0) is 48.7 Å². The quantitative estimate of drug-likeness (QED) is 0.202. The molecule has 2 aromatic carbocycles. The first-order valence-corrected chi connectivity index (χ1v) is 9.41. The number of carbonyl (C=O) groups is 1. The summed E-state index contributed by atoms with van der Waals surface area (Å²) in [4.78, 5) is 16.1. The summed E-state index contributed by atoms with van der Waals surface area (Å²) in [5, 5.41) is 6.03. The van der Waals surface area contributed by atoms with Crippen LogP contribution in [-0.2, 0) is 23.9 Å². The van der Waals surface area contributed by atoms with Gasteiger partial charge in [0.1, 0.15) is 5.82 Å². The Hall–Kier alpha value is -2.37. The van der Waals surface area contributed by atoms with Gasteiger partial charge in [-0.15, -0.1) is 24.0 Å². The summed E-state index contributed by atoms with van der Waals surface area (Å²) in [6.45, 7) is 2.77. The highest BCUT2D eigenvalue weighted by atomic mass is 127. The van der Waals surface area contributed by atoms with E-state index in [0.717, 1.165) is 17.7 Å². The van der Waals surface area contributed by atoms with E-state index in [1.165, 1.54) is 24.3 Å². The van der Waals surface area contributed by atoms with Gasteiger partial charge < -0.3 is 16.4 Å². The monoisotopic (exact) mass is 552 g/mol. The van der Waals surface area contributed by atoms with E-state index in [4.69, 9.17) is 5.73 Å². The first-order valence-electron chi connectivity index (χ1n) is 9.41. The summed E-state index contributed by atoms with van der Waals surface area (Å²) in [5.41, 5.74) is 6.15. The fraction of sp³-hybridized carbons (Fsp3) is 0.333. The van der Waals surface area contributed by atoms with Gasteiger partial charge in [0.2, 0.25) is 5.91 Å². The number of nitrogens with zero attached hydrogens (tertiary/aromatic N) is 1. The molecule has 0 saturated carbocycles. The third kappa shape index (κ3) is 9.11. The maximum atomic E-state index is 13.0. The Bertz CT molecular complexity index is 855. The van der Waals surface area contributed by atoms with Gasteiger partial charge in [-0.3, -0.25) is 4.79 Å². The van der Waals surface area contributed by atoms with Gasteiger partial charge in [0.15, 0.2) is 5.96 Å². The number of hydrogen-bond acceptors (Lipinski definition) is 2. The number of alkyl halides is 3. The van der Waals surface area contributed by atoms with Crippen molar-refractivity contribution < 1.29 is 22.4 Å². The lowest BCUT2D eigenvalue weighted by atomic mass is 9.98. The number of carbonyl (C=O) groups excluding carboxylic acids is 1. The van der Waals surface area contributed by atoms with Gasteiger partial charge in [-0.2, -0.15) is 13.2 Å². The smallest absolute Gasteiger partial charge is 0.369 e. The van der Waals surface area contributed by atoms with Crippen LogP contribution >= 0.6 is 24.0 Å². The number of nitrogens with one attached hydrogen (secondary N) is 2. The van der Waals surface area contributed by atoms with Crippen molar-refractivity contribution in [2.75, 3.05) is 13.1 Å². The molecule has 0 fully saturated rings. The van der Waals surface area contributed by atoms with E-state index in [1.54, 1.807) is 12.1 Å². The summed E-state index contributed by atoms with van der Waals surface area (Å²) in [7, 11) is 0. The van der Waals surface area contributed by atoms with Crippen LogP contribution in [0, 0.1) is 11.7 Å². The Morgan fingerprint density at radius 2 is 1.61 bits per heavy atom. The number of primary amides is 1. The van der Waals surface area contributed by atoms with Crippen molar-refractivity contribution >= 4 is 35.8 Å². The second kappa shape index (κ2) is 12.5. The normalized spacial score (nSPS) is 12.6. The predicted molar refractivity (Wildman–Crippen MR) is 122 cm³/mol. The minimum absolute atomic E-state index is 0. The highest BCUT2D eigenvalue weighted by Crippen LogP contribution is 2.29. The van der Waals surface area contributed by atoms with E-state index < -0.39 is 23.6 Å². The van der Waals surface area contributed by atoms with Crippen LogP contribution < -0.4 is 16.4 Å². The molecule has 0 aliphatic heterocycles. The van der Waals surface area contributed by atoms with Crippen molar-refractivity contribution in [2.24, 2.45) is 16.6 Å². The van der Waals surface area contributed by atoms with Crippen molar-refractivity contribution in [3.05, 3.63) is 71.0 Å². The fourth-order valence-corrected chi connectivity index (χ4v) is 2.71. The maximum Gasteiger partial charge on any atom is 0.416 e. The molecule has 2 rings (SSSR count). The highest BCUT2D eigenvalue weighted by molar-refractivity contribution is 14.0. The van der Waals surface area contributed by atoms with Crippen LogP contribution in [0.5, 0.6) is 0 Å². The number of hydrogen-bond donors (Lipinski definition) is 3. The molecule has 0 radical (unpaired) electrons. The van der Waals surface area contributed by atoms with Crippen molar-refractivity contribution in [3.8, 4) is 0 Å². The molecule has 0 heterocycles. The Morgan fingerprint density at radius 1 is 1.03 bits per heavy atom. The van der Waals surface area contributed by atoms with E-state index in [-0.39, 0.29) is 42.9 Å². The Labute approximate surface area is 195 Å². The van der Waals surface area contributed by atoms with Gasteiger partial charge in [0.05, 0.1) is 18.0 Å². The molecule has 0 aromatic heterocycles. The number of guanidine groups is 1. The van der Waals surface area contributed by atoms with Crippen LogP contribution in [0.3, 0.4) is 0 Å². The number of benzene rings is 2. The van der Waals surface area contributed by atoms with Gasteiger partial charge in [0, 0.05) is 13.1 Å². The van der Waals surface area contributed by atoms with Crippen LogP contribution in [-0.4, -0.2) is 25.0 Å². The Morgan fingerprint density at radius 3 is 2.13 bits per heavy atom. The molecule has 0 aliphatic carbocycles. The zero-order chi connectivity index (χ0) is 22.1. The van der Waals surface area contributed by atoms with E-state index >= 15 is 0 Å². The molecule has 4 N–H and O–H groups in total. The molecular weight excluding hydrogens is 527 g/mol. The lowest BCUT2D eigenvalue weighted by molar-refractivity contribution is -0.137. The third-order valence-corrected chi connectivity index (χ3v) is 4.36. The topological polar surface area (TPSA) is 79.5 Å². The molecule has 1 atom stereocenters. The molecule has 0 spiro atoms. The van der Waals surface area contributed by atoms with Crippen molar-refractivity contribution in [3.63, 3.8) is 0 Å². The van der Waals surface area contributed by atoms with Gasteiger partial charge in [-0.1, -0.05) is 24.3 Å². The van der Waals surface area contributed by atoms with Crippen LogP contribution in [0.4, 0.5) is 17.6 Å². The zero-order valence-corrected chi connectivity index (χ0v) is 19.2. The molecule has 31 heavy (non-hydrogen) atoms. The molecule has 10 heteroatoms. The number of halogens is 5. The Kier molecular flexibility index (Phi) is 10.7. The van der Waals surface area contributed by atoms with Gasteiger partial charge in [0.25, 0.3) is 0 Å². The molecule has 0 saturated heterocycles. The van der Waals surface area contributed by atoms with Crippen LogP contribution in [0.25, 0.3) is 0 Å². The SMILES string of the molecule is CCNC(=NCc1ccc(C(F)(F)F)cc1)NCC(Cc1ccc(F)cc1)C(N)=O.I. The first-order chi connectivity index (χ1) is 14.2. The van der Waals surface area contributed by atoms with Crippen molar-refractivity contribution in [2.45, 2.75) is 26.1 Å². The minimum atomic E-state index is -4.38. The Balaban J connectivity index is 0.00000480. The van der Waals surface area contributed by atoms with Crippen LogP contribution in [0.15, 0.2) is 53.5 Å². The van der Waals surface area contributed by atoms with Gasteiger partial charge in [-0.25, -0.2) is 9.38 Å². The molecule has 2 aromatic rings. The van der Waals surface area contributed by atoms with Crippen molar-refractivity contribution in [1.29, 1.82) is 0 Å². The number of nitrogens with two attached hydrogens (primary N) is 1. The van der Waals surface area contributed by atoms with E-state index in [0.29, 0.717) is 24.5 Å². The average molecular weight is 552 g/mol. The number of aliphatic imine (C=N–C) groups is 1. The summed E-state index contributed by atoms with van der Waals surface area (Å²) in [5.74, 6) is -1.02. The zero-order valence-electron chi connectivity index (χ0n) is 16.9. The summed E-state index contributed by atoms with van der Waals surface area (Å²) in [6.07, 6.45) is -4.05. The second-order valence-electron chi connectivity index (χ2n) is 6.70. The number of rotatable bonds is 8. The van der Waals surface area contributed by atoms with E-state index in [2.05, 4.69) is 15.6 Å². The van der Waals surface area contributed by atoms with E-state index in [1.807, 2.05) is 6.92 Å². The second-order valence-corrected chi connectivity index (χ2v) is 6.70. The minimum Gasteiger partial charge on any atom is -0.369 e.